The number of thioether (sulfide) groups is 1. The van der Waals surface area contributed by atoms with E-state index in [1.54, 1.807) is 18.7 Å². The van der Waals surface area contributed by atoms with Crippen LogP contribution >= 0.6 is 11.8 Å². The number of nitriles is 1. The molecule has 0 spiro atoms. The Bertz CT molecular complexity index is 314. The van der Waals surface area contributed by atoms with E-state index in [0.717, 1.165) is 5.75 Å². The molecule has 0 radical (unpaired) electrons. The number of hydrogen-bond acceptors (Lipinski definition) is 3. The number of nitrogens with zero attached hydrogens (tertiary/aromatic N) is 1. The van der Waals surface area contributed by atoms with Crippen molar-refractivity contribution in [2.45, 2.75) is 23.8 Å². The normalized spacial score (nSPS) is 14.4. The molecule has 14 heavy (non-hydrogen) atoms. The highest BCUT2D eigenvalue weighted by Gasteiger charge is 2.16. The summed E-state index contributed by atoms with van der Waals surface area (Å²) in [5.41, 5.74) is 5.01. The Hall–Kier alpha value is -0.980. The zero-order chi connectivity index (χ0) is 10.4. The van der Waals surface area contributed by atoms with Gasteiger partial charge in [-0.3, -0.25) is 0 Å². The summed E-state index contributed by atoms with van der Waals surface area (Å²) in [6.45, 7) is 1.76. The fraction of sp³-hybridized carbons (Fsp3) is 0.364. The van der Waals surface area contributed by atoms with Gasteiger partial charge in [0, 0.05) is 10.6 Å². The van der Waals surface area contributed by atoms with Crippen LogP contribution in [-0.2, 0) is 0 Å². The molecule has 2 nitrogen and oxygen atoms in total. The van der Waals surface area contributed by atoms with Gasteiger partial charge in [-0.2, -0.15) is 5.26 Å². The molecule has 3 heteroatoms. The van der Waals surface area contributed by atoms with Crippen molar-refractivity contribution in [2.24, 2.45) is 5.73 Å². The van der Waals surface area contributed by atoms with Crippen molar-refractivity contribution in [2.75, 3.05) is 5.75 Å². The van der Waals surface area contributed by atoms with E-state index in [0.29, 0.717) is 6.42 Å². The Morgan fingerprint density at radius 3 is 2.64 bits per heavy atom. The number of rotatable bonds is 4. The largest absolute Gasteiger partial charge is 0.314 e. The zero-order valence-corrected chi connectivity index (χ0v) is 9.05. The van der Waals surface area contributed by atoms with Crippen molar-refractivity contribution in [3.8, 4) is 6.07 Å². The summed E-state index contributed by atoms with van der Waals surface area (Å²) in [5.74, 6) is 0.880. The number of hydrogen-bond donors (Lipinski definition) is 1. The summed E-state index contributed by atoms with van der Waals surface area (Å²) in [6.07, 6.45) is 0.711. The lowest BCUT2D eigenvalue weighted by molar-refractivity contribution is 0.583. The molecule has 0 heterocycles. The highest BCUT2D eigenvalue weighted by atomic mass is 32.2. The molecule has 0 bridgehead atoms. The van der Waals surface area contributed by atoms with Gasteiger partial charge in [0.2, 0.25) is 0 Å². The molecule has 1 atom stereocenters. The van der Waals surface area contributed by atoms with Crippen molar-refractivity contribution in [1.82, 2.24) is 0 Å². The van der Waals surface area contributed by atoms with Crippen LogP contribution in [0.25, 0.3) is 0 Å². The molecule has 0 aliphatic heterocycles. The van der Waals surface area contributed by atoms with Crippen LogP contribution in [0.5, 0.6) is 0 Å². The zero-order valence-electron chi connectivity index (χ0n) is 8.23. The van der Waals surface area contributed by atoms with E-state index in [4.69, 9.17) is 11.0 Å². The summed E-state index contributed by atoms with van der Waals surface area (Å²) in [6, 6.07) is 12.2. The van der Waals surface area contributed by atoms with E-state index in [2.05, 4.69) is 18.2 Å². The fourth-order valence-electron chi connectivity index (χ4n) is 0.954. The van der Waals surface area contributed by atoms with Gasteiger partial charge in [0.05, 0.1) is 6.07 Å². The fourth-order valence-corrected chi connectivity index (χ4v) is 2.06. The van der Waals surface area contributed by atoms with Gasteiger partial charge < -0.3 is 5.73 Å². The SMILES string of the molecule is CC(N)(C#N)CCSc1ccccc1. The average molecular weight is 206 g/mol. The molecule has 2 N–H and O–H groups in total. The first kappa shape index (κ1) is 11.1. The predicted molar refractivity (Wildman–Crippen MR) is 60.0 cm³/mol. The van der Waals surface area contributed by atoms with E-state index in [1.165, 1.54) is 4.90 Å². The lowest BCUT2D eigenvalue weighted by atomic mass is 10.0. The smallest absolute Gasteiger partial charge is 0.102 e. The number of nitrogens with two attached hydrogens (primary N) is 1. The summed E-state index contributed by atoms with van der Waals surface area (Å²) in [5, 5.41) is 8.71. The van der Waals surface area contributed by atoms with Crippen LogP contribution < -0.4 is 5.73 Å². The van der Waals surface area contributed by atoms with Gasteiger partial charge in [-0.15, -0.1) is 11.8 Å². The summed E-state index contributed by atoms with van der Waals surface area (Å²) in [4.78, 5) is 1.22. The second kappa shape index (κ2) is 5.04. The van der Waals surface area contributed by atoms with Gasteiger partial charge in [0.15, 0.2) is 0 Å². The van der Waals surface area contributed by atoms with Crippen LogP contribution in [0.3, 0.4) is 0 Å². The Balaban J connectivity index is 2.34. The second-order valence-electron chi connectivity index (χ2n) is 3.44. The molecule has 0 amide bonds. The minimum atomic E-state index is -0.693. The average Bonchev–Trinajstić information content (AvgIpc) is 2.19. The Morgan fingerprint density at radius 2 is 2.07 bits per heavy atom. The van der Waals surface area contributed by atoms with Crippen molar-refractivity contribution in [3.63, 3.8) is 0 Å². The van der Waals surface area contributed by atoms with Crippen LogP contribution in [-0.4, -0.2) is 11.3 Å². The van der Waals surface area contributed by atoms with Gasteiger partial charge in [-0.1, -0.05) is 18.2 Å². The molecule has 0 aliphatic carbocycles. The molecule has 0 fully saturated rings. The quantitative estimate of drug-likeness (QED) is 0.770. The highest BCUT2D eigenvalue weighted by Crippen LogP contribution is 2.20. The van der Waals surface area contributed by atoms with Crippen molar-refractivity contribution >= 4 is 11.8 Å². The number of benzene rings is 1. The molecule has 0 saturated carbocycles. The maximum Gasteiger partial charge on any atom is 0.102 e. The van der Waals surface area contributed by atoms with Crippen LogP contribution in [0.4, 0.5) is 0 Å². The minimum absolute atomic E-state index is 0.693. The molecule has 1 unspecified atom stereocenters. The minimum Gasteiger partial charge on any atom is -0.314 e. The maximum absolute atomic E-state index is 8.71. The van der Waals surface area contributed by atoms with E-state index in [1.807, 2.05) is 18.2 Å². The summed E-state index contributed by atoms with van der Waals surface area (Å²) in [7, 11) is 0. The van der Waals surface area contributed by atoms with E-state index >= 15 is 0 Å². The first-order chi connectivity index (χ1) is 6.64. The molecule has 0 aliphatic rings. The lowest BCUT2D eigenvalue weighted by Crippen LogP contribution is -2.34. The van der Waals surface area contributed by atoms with Gasteiger partial charge >= 0.3 is 0 Å². The van der Waals surface area contributed by atoms with E-state index in [9.17, 15) is 0 Å². The van der Waals surface area contributed by atoms with Gasteiger partial charge in [-0.25, -0.2) is 0 Å². The third-order valence-electron chi connectivity index (χ3n) is 1.89. The van der Waals surface area contributed by atoms with Gasteiger partial charge in [0.1, 0.15) is 5.54 Å². The second-order valence-corrected chi connectivity index (χ2v) is 4.61. The summed E-state index contributed by atoms with van der Waals surface area (Å²) >= 11 is 1.73. The summed E-state index contributed by atoms with van der Waals surface area (Å²) < 4.78 is 0. The van der Waals surface area contributed by atoms with Gasteiger partial charge in [0.25, 0.3) is 0 Å². The molecule has 1 aromatic rings. The Labute approximate surface area is 89.1 Å². The monoisotopic (exact) mass is 206 g/mol. The van der Waals surface area contributed by atoms with Crippen molar-refractivity contribution in [1.29, 1.82) is 5.26 Å². The standard InChI is InChI=1S/C11H14N2S/c1-11(13,9-12)7-8-14-10-5-3-2-4-6-10/h2-6H,7-8,13H2,1H3. The van der Waals surface area contributed by atoms with Crippen molar-refractivity contribution < 1.29 is 0 Å². The molecule has 1 rings (SSSR count). The van der Waals surface area contributed by atoms with E-state index in [-0.39, 0.29) is 0 Å². The van der Waals surface area contributed by atoms with E-state index < -0.39 is 5.54 Å². The third kappa shape index (κ3) is 3.82. The lowest BCUT2D eigenvalue weighted by Gasteiger charge is -2.13. The first-order valence-corrected chi connectivity index (χ1v) is 5.50. The van der Waals surface area contributed by atoms with Gasteiger partial charge in [-0.05, 0) is 25.5 Å². The van der Waals surface area contributed by atoms with Crippen LogP contribution in [0.15, 0.2) is 35.2 Å². The van der Waals surface area contributed by atoms with Crippen LogP contribution in [0, 0.1) is 11.3 Å². The first-order valence-electron chi connectivity index (χ1n) is 4.52. The molecule has 0 saturated heterocycles. The predicted octanol–water partition coefficient (Wildman–Crippen LogP) is 2.41. The molecular formula is C11H14N2S. The maximum atomic E-state index is 8.71. The molecular weight excluding hydrogens is 192 g/mol. The topological polar surface area (TPSA) is 49.8 Å². The molecule has 0 aromatic heterocycles. The Morgan fingerprint density at radius 1 is 1.43 bits per heavy atom. The van der Waals surface area contributed by atoms with Crippen LogP contribution in [0.1, 0.15) is 13.3 Å². The molecule has 1 aromatic carbocycles. The molecule has 74 valence electrons. The van der Waals surface area contributed by atoms with Crippen molar-refractivity contribution in [3.05, 3.63) is 30.3 Å². The Kier molecular flexibility index (Phi) is 3.99. The highest BCUT2D eigenvalue weighted by molar-refractivity contribution is 7.99. The third-order valence-corrected chi connectivity index (χ3v) is 2.90. The van der Waals surface area contributed by atoms with Crippen LogP contribution in [0.2, 0.25) is 0 Å².